The third-order valence-corrected chi connectivity index (χ3v) is 2.22. The van der Waals surface area contributed by atoms with Crippen LogP contribution in [0.4, 0.5) is 5.69 Å². The first-order valence-electron chi connectivity index (χ1n) is 4.74. The molecule has 1 aromatic rings. The molecule has 0 saturated carbocycles. The average Bonchev–Trinajstić information content (AvgIpc) is 2.14. The van der Waals surface area contributed by atoms with Crippen molar-refractivity contribution in [1.29, 1.82) is 0 Å². The van der Waals surface area contributed by atoms with Crippen molar-refractivity contribution >= 4 is 11.5 Å². The predicted octanol–water partition coefficient (Wildman–Crippen LogP) is 2.42. The Morgan fingerprint density at radius 1 is 1.47 bits per heavy atom. The maximum Gasteiger partial charge on any atom is 0.272 e. The van der Waals surface area contributed by atoms with Crippen molar-refractivity contribution in [3.63, 3.8) is 0 Å². The molecule has 0 bridgehead atoms. The van der Waals surface area contributed by atoms with Gasteiger partial charge in [-0.25, -0.2) is 0 Å². The third kappa shape index (κ3) is 3.16. The molecule has 1 aromatic carbocycles. The van der Waals surface area contributed by atoms with Gasteiger partial charge in [-0.3, -0.25) is 10.1 Å². The summed E-state index contributed by atoms with van der Waals surface area (Å²) in [6.07, 6.45) is 1.13. The van der Waals surface area contributed by atoms with Gasteiger partial charge in [0, 0.05) is 18.1 Å². The van der Waals surface area contributed by atoms with Crippen molar-refractivity contribution in [1.82, 2.24) is 0 Å². The summed E-state index contributed by atoms with van der Waals surface area (Å²) in [5, 5.41) is 10.6. The molecule has 0 amide bonds. The summed E-state index contributed by atoms with van der Waals surface area (Å²) < 4.78 is 0. The van der Waals surface area contributed by atoms with Gasteiger partial charge in [0.25, 0.3) is 5.69 Å². The number of Topliss-reactive ketones (excluding diaryl/α,β-unsaturated/α-hetero) is 1. The molecule has 4 nitrogen and oxygen atoms in total. The predicted molar refractivity (Wildman–Crippen MR) is 56.8 cm³/mol. The average molecular weight is 207 g/mol. The first-order valence-corrected chi connectivity index (χ1v) is 4.74. The van der Waals surface area contributed by atoms with E-state index in [9.17, 15) is 14.9 Å². The van der Waals surface area contributed by atoms with Crippen molar-refractivity contribution in [2.24, 2.45) is 0 Å². The van der Waals surface area contributed by atoms with Crippen molar-refractivity contribution < 1.29 is 9.72 Å². The highest BCUT2D eigenvalue weighted by Gasteiger charge is 2.09. The van der Waals surface area contributed by atoms with Crippen LogP contribution in [-0.2, 0) is 11.2 Å². The Morgan fingerprint density at radius 2 is 2.13 bits per heavy atom. The van der Waals surface area contributed by atoms with Crippen LogP contribution >= 0.6 is 0 Å². The number of nitrogens with zero attached hydrogens (tertiary/aromatic N) is 1. The van der Waals surface area contributed by atoms with Crippen LogP contribution in [0.25, 0.3) is 0 Å². The van der Waals surface area contributed by atoms with Gasteiger partial charge in [0.15, 0.2) is 0 Å². The largest absolute Gasteiger partial charge is 0.300 e. The summed E-state index contributed by atoms with van der Waals surface area (Å²) in [5.41, 5.74) is 1.73. The number of rotatable bonds is 4. The Bertz CT molecular complexity index is 399. The number of nitro groups is 1. The van der Waals surface area contributed by atoms with E-state index < -0.39 is 4.92 Å². The quantitative estimate of drug-likeness (QED) is 0.562. The molecule has 80 valence electrons. The minimum Gasteiger partial charge on any atom is -0.300 e. The van der Waals surface area contributed by atoms with E-state index >= 15 is 0 Å². The van der Waals surface area contributed by atoms with Crippen molar-refractivity contribution in [2.75, 3.05) is 0 Å². The Balaban J connectivity index is 2.82. The van der Waals surface area contributed by atoms with Crippen molar-refractivity contribution in [2.45, 2.75) is 26.7 Å². The highest BCUT2D eigenvalue weighted by Crippen LogP contribution is 2.19. The highest BCUT2D eigenvalue weighted by molar-refractivity contribution is 5.75. The minimum absolute atomic E-state index is 0.126. The second-order valence-corrected chi connectivity index (χ2v) is 3.58. The molecule has 0 aliphatic rings. The molecule has 0 heterocycles. The zero-order valence-electron chi connectivity index (χ0n) is 8.82. The standard InChI is InChI=1S/C11H13NO3/c1-8-7-10(4-3-9(2)13)5-6-11(8)12(14)15/h5-7H,3-4H2,1-2H3. The van der Waals surface area contributed by atoms with Crippen LogP contribution in [0.3, 0.4) is 0 Å². The van der Waals surface area contributed by atoms with E-state index in [4.69, 9.17) is 0 Å². The molecule has 0 saturated heterocycles. The van der Waals surface area contributed by atoms with Crippen LogP contribution < -0.4 is 0 Å². The van der Waals surface area contributed by atoms with E-state index in [0.717, 1.165) is 5.56 Å². The minimum atomic E-state index is -0.399. The van der Waals surface area contributed by atoms with E-state index in [1.807, 2.05) is 0 Å². The van der Waals surface area contributed by atoms with Gasteiger partial charge in [-0.1, -0.05) is 6.07 Å². The fourth-order valence-corrected chi connectivity index (χ4v) is 1.40. The number of benzene rings is 1. The molecule has 0 aliphatic carbocycles. The van der Waals surface area contributed by atoms with Crippen LogP contribution in [0, 0.1) is 17.0 Å². The molecule has 0 aliphatic heterocycles. The van der Waals surface area contributed by atoms with Gasteiger partial charge in [0.1, 0.15) is 5.78 Å². The molecule has 0 unspecified atom stereocenters. The maximum absolute atomic E-state index is 10.8. The van der Waals surface area contributed by atoms with Crippen LogP contribution in [0.5, 0.6) is 0 Å². The van der Waals surface area contributed by atoms with Crippen LogP contribution in [0.2, 0.25) is 0 Å². The molecule has 15 heavy (non-hydrogen) atoms. The van der Waals surface area contributed by atoms with E-state index in [2.05, 4.69) is 0 Å². The Morgan fingerprint density at radius 3 is 2.60 bits per heavy atom. The number of ketones is 1. The summed E-state index contributed by atoms with van der Waals surface area (Å²) in [5.74, 6) is 0.131. The van der Waals surface area contributed by atoms with Gasteiger partial charge in [0.05, 0.1) is 4.92 Å². The van der Waals surface area contributed by atoms with Gasteiger partial charge >= 0.3 is 0 Å². The zero-order chi connectivity index (χ0) is 11.4. The van der Waals surface area contributed by atoms with E-state index in [1.54, 1.807) is 19.1 Å². The second-order valence-electron chi connectivity index (χ2n) is 3.58. The number of carbonyl (C=O) groups is 1. The summed E-state index contributed by atoms with van der Waals surface area (Å²) in [7, 11) is 0. The molecular weight excluding hydrogens is 194 g/mol. The van der Waals surface area contributed by atoms with Crippen LogP contribution in [0.1, 0.15) is 24.5 Å². The molecule has 0 spiro atoms. The van der Waals surface area contributed by atoms with Gasteiger partial charge < -0.3 is 4.79 Å². The molecule has 0 N–H and O–H groups in total. The lowest BCUT2D eigenvalue weighted by atomic mass is 10.0. The second kappa shape index (κ2) is 4.68. The van der Waals surface area contributed by atoms with Crippen LogP contribution in [0.15, 0.2) is 18.2 Å². The zero-order valence-corrected chi connectivity index (χ0v) is 8.82. The number of hydrogen-bond donors (Lipinski definition) is 0. The molecule has 0 atom stereocenters. The number of nitro benzene ring substituents is 1. The normalized spacial score (nSPS) is 10.0. The van der Waals surface area contributed by atoms with Gasteiger partial charge in [-0.15, -0.1) is 0 Å². The first kappa shape index (κ1) is 11.4. The van der Waals surface area contributed by atoms with Crippen LogP contribution in [-0.4, -0.2) is 10.7 Å². The van der Waals surface area contributed by atoms with Gasteiger partial charge in [-0.2, -0.15) is 0 Å². The monoisotopic (exact) mass is 207 g/mol. The highest BCUT2D eigenvalue weighted by atomic mass is 16.6. The summed E-state index contributed by atoms with van der Waals surface area (Å²) in [6.45, 7) is 3.24. The van der Waals surface area contributed by atoms with E-state index in [-0.39, 0.29) is 11.5 Å². The molecule has 0 aromatic heterocycles. The first-order chi connectivity index (χ1) is 7.00. The van der Waals surface area contributed by atoms with Gasteiger partial charge in [0.2, 0.25) is 0 Å². The van der Waals surface area contributed by atoms with Crippen molar-refractivity contribution in [3.8, 4) is 0 Å². The molecule has 0 fully saturated rings. The Kier molecular flexibility index (Phi) is 3.55. The Hall–Kier alpha value is -1.71. The molecule has 1 rings (SSSR count). The smallest absolute Gasteiger partial charge is 0.272 e. The Labute approximate surface area is 88.1 Å². The maximum atomic E-state index is 10.8. The fourth-order valence-electron chi connectivity index (χ4n) is 1.40. The summed E-state index contributed by atoms with van der Waals surface area (Å²) in [4.78, 5) is 20.9. The van der Waals surface area contributed by atoms with E-state index in [1.165, 1.54) is 13.0 Å². The van der Waals surface area contributed by atoms with Crippen molar-refractivity contribution in [3.05, 3.63) is 39.4 Å². The topological polar surface area (TPSA) is 60.2 Å². The van der Waals surface area contributed by atoms with Gasteiger partial charge in [-0.05, 0) is 31.9 Å². The number of aryl methyl sites for hydroxylation is 2. The molecular formula is C11H13NO3. The molecule has 0 radical (unpaired) electrons. The third-order valence-electron chi connectivity index (χ3n) is 2.22. The lowest BCUT2D eigenvalue weighted by Crippen LogP contribution is -1.96. The van der Waals surface area contributed by atoms with E-state index in [0.29, 0.717) is 18.4 Å². The summed E-state index contributed by atoms with van der Waals surface area (Å²) >= 11 is 0. The lowest BCUT2D eigenvalue weighted by Gasteiger charge is -2.01. The molecule has 4 heteroatoms. The lowest BCUT2D eigenvalue weighted by molar-refractivity contribution is -0.385. The number of hydrogen-bond acceptors (Lipinski definition) is 3. The summed E-state index contributed by atoms with van der Waals surface area (Å²) in [6, 6.07) is 4.96. The fraction of sp³-hybridized carbons (Fsp3) is 0.364. The number of carbonyl (C=O) groups excluding carboxylic acids is 1. The SMILES string of the molecule is CC(=O)CCc1ccc([N+](=O)[O-])c(C)c1.